The van der Waals surface area contributed by atoms with Gasteiger partial charge in [0.25, 0.3) is 0 Å². The van der Waals surface area contributed by atoms with Crippen molar-refractivity contribution < 1.29 is 0 Å². The molecule has 0 fully saturated rings. The van der Waals surface area contributed by atoms with Crippen LogP contribution in [0.2, 0.25) is 0 Å². The molecule has 3 heteroatoms. The lowest BCUT2D eigenvalue weighted by molar-refractivity contribution is 0.369. The number of hydrogen-bond donors (Lipinski definition) is 0. The third-order valence-electron chi connectivity index (χ3n) is 2.53. The molecule has 1 atom stereocenters. The molecule has 1 aliphatic carbocycles. The summed E-state index contributed by atoms with van der Waals surface area (Å²) in [6.45, 7) is 3.26. The van der Waals surface area contributed by atoms with Gasteiger partial charge in [0, 0.05) is 17.3 Å². The summed E-state index contributed by atoms with van der Waals surface area (Å²) in [6, 6.07) is 0. The molecule has 2 rings (SSSR count). The molecular weight excluding hydrogens is 180 g/mol. The largest absolute Gasteiger partial charge is 0.309 e. The number of likely N-dealkylation sites (N-methyl/N-ethyl adjacent to an activating group) is 1. The minimum absolute atomic E-state index is 0.690. The monoisotopic (exact) mass is 196 g/mol. The van der Waals surface area contributed by atoms with E-state index in [9.17, 15) is 0 Å². The minimum Gasteiger partial charge on any atom is -0.309 e. The maximum absolute atomic E-state index is 4.62. The Kier molecular flexibility index (Phi) is 2.39. The van der Waals surface area contributed by atoms with Crippen molar-refractivity contribution in [2.24, 2.45) is 0 Å². The fraction of sp³-hybridized carbons (Fsp3) is 0.700. The van der Waals surface area contributed by atoms with Crippen molar-refractivity contribution in [1.29, 1.82) is 0 Å². The second-order valence-corrected chi connectivity index (χ2v) is 5.33. The van der Waals surface area contributed by atoms with Gasteiger partial charge in [-0.2, -0.15) is 0 Å². The van der Waals surface area contributed by atoms with Gasteiger partial charge < -0.3 is 4.90 Å². The maximum atomic E-state index is 4.62. The van der Waals surface area contributed by atoms with Gasteiger partial charge in [-0.25, -0.2) is 4.98 Å². The Morgan fingerprint density at radius 3 is 3.00 bits per heavy atom. The molecule has 72 valence electrons. The molecular formula is C10H16N2S. The van der Waals surface area contributed by atoms with Gasteiger partial charge in [0.15, 0.2) is 0 Å². The number of fused-ring (bicyclic) bond motifs is 1. The first kappa shape index (κ1) is 9.16. The summed E-state index contributed by atoms with van der Waals surface area (Å²) in [6.07, 6.45) is 2.55. The first-order chi connectivity index (χ1) is 6.16. The lowest BCUT2D eigenvalue weighted by Gasteiger charge is -2.15. The van der Waals surface area contributed by atoms with Crippen LogP contribution < -0.4 is 0 Å². The van der Waals surface area contributed by atoms with Crippen LogP contribution in [0.4, 0.5) is 0 Å². The van der Waals surface area contributed by atoms with E-state index in [1.807, 2.05) is 11.3 Å². The molecule has 0 saturated heterocycles. The van der Waals surface area contributed by atoms with Gasteiger partial charge in [0.1, 0.15) is 0 Å². The maximum Gasteiger partial charge on any atom is 0.0900 e. The molecule has 0 radical (unpaired) electrons. The van der Waals surface area contributed by atoms with Crippen molar-refractivity contribution in [2.45, 2.75) is 25.7 Å². The Bertz CT molecular complexity index is 304. The average Bonchev–Trinajstić information content (AvgIpc) is 2.51. The van der Waals surface area contributed by atoms with Gasteiger partial charge in [-0.05, 0) is 33.9 Å². The van der Waals surface area contributed by atoms with E-state index in [0.717, 1.165) is 6.54 Å². The summed E-state index contributed by atoms with van der Waals surface area (Å²) in [7, 11) is 4.27. The Balaban J connectivity index is 2.17. The van der Waals surface area contributed by atoms with Crippen LogP contribution in [0, 0.1) is 6.92 Å². The van der Waals surface area contributed by atoms with Crippen molar-refractivity contribution >= 4 is 11.3 Å². The smallest absolute Gasteiger partial charge is 0.0900 e. The molecule has 1 heterocycles. The number of aryl methyl sites for hydroxylation is 2. The van der Waals surface area contributed by atoms with Crippen molar-refractivity contribution in [3.05, 3.63) is 15.6 Å². The highest BCUT2D eigenvalue weighted by atomic mass is 32.1. The molecule has 0 spiro atoms. The van der Waals surface area contributed by atoms with Crippen LogP contribution in [-0.2, 0) is 6.42 Å². The molecule has 1 aromatic heterocycles. The zero-order valence-electron chi connectivity index (χ0n) is 8.50. The fourth-order valence-electron chi connectivity index (χ4n) is 2.04. The quantitative estimate of drug-likeness (QED) is 0.719. The molecule has 0 bridgehead atoms. The topological polar surface area (TPSA) is 16.1 Å². The van der Waals surface area contributed by atoms with E-state index in [4.69, 9.17) is 0 Å². The minimum atomic E-state index is 0.690. The predicted octanol–water partition coefficient (Wildman–Crippen LogP) is 2.04. The zero-order valence-corrected chi connectivity index (χ0v) is 9.32. The van der Waals surface area contributed by atoms with Gasteiger partial charge in [-0.3, -0.25) is 0 Å². The number of thiazole rings is 1. The van der Waals surface area contributed by atoms with E-state index in [-0.39, 0.29) is 0 Å². The fourth-order valence-corrected chi connectivity index (χ4v) is 3.08. The summed E-state index contributed by atoms with van der Waals surface area (Å²) in [5.74, 6) is 0.690. The van der Waals surface area contributed by atoms with Crippen LogP contribution in [0.5, 0.6) is 0 Å². The van der Waals surface area contributed by atoms with E-state index in [2.05, 4.69) is 30.9 Å². The van der Waals surface area contributed by atoms with Gasteiger partial charge in [0.05, 0.1) is 10.7 Å². The summed E-state index contributed by atoms with van der Waals surface area (Å²) in [5.41, 5.74) is 1.39. The highest BCUT2D eigenvalue weighted by Crippen LogP contribution is 2.36. The Labute approximate surface area is 83.6 Å². The van der Waals surface area contributed by atoms with E-state index >= 15 is 0 Å². The van der Waals surface area contributed by atoms with E-state index in [0.29, 0.717) is 5.92 Å². The number of rotatable bonds is 2. The Morgan fingerprint density at radius 1 is 1.54 bits per heavy atom. The Morgan fingerprint density at radius 2 is 2.31 bits per heavy atom. The molecule has 13 heavy (non-hydrogen) atoms. The van der Waals surface area contributed by atoms with Crippen LogP contribution in [0.1, 0.15) is 27.9 Å². The van der Waals surface area contributed by atoms with Gasteiger partial charge in [-0.1, -0.05) is 0 Å². The highest BCUT2D eigenvalue weighted by Gasteiger charge is 2.26. The average molecular weight is 196 g/mol. The van der Waals surface area contributed by atoms with Crippen molar-refractivity contribution in [3.8, 4) is 0 Å². The van der Waals surface area contributed by atoms with Crippen LogP contribution in [0.3, 0.4) is 0 Å². The van der Waals surface area contributed by atoms with E-state index in [1.165, 1.54) is 28.4 Å². The summed E-state index contributed by atoms with van der Waals surface area (Å²) >= 11 is 1.88. The van der Waals surface area contributed by atoms with Crippen molar-refractivity contribution in [1.82, 2.24) is 9.88 Å². The second kappa shape index (κ2) is 3.39. The first-order valence-corrected chi connectivity index (χ1v) is 5.59. The number of nitrogens with zero attached hydrogens (tertiary/aromatic N) is 2. The van der Waals surface area contributed by atoms with E-state index in [1.54, 1.807) is 0 Å². The molecule has 1 aromatic rings. The zero-order chi connectivity index (χ0) is 9.42. The molecule has 0 N–H and O–H groups in total. The predicted molar refractivity (Wildman–Crippen MR) is 56.5 cm³/mol. The highest BCUT2D eigenvalue weighted by molar-refractivity contribution is 7.11. The molecule has 0 saturated carbocycles. The molecule has 0 aromatic carbocycles. The normalized spacial score (nSPS) is 21.1. The van der Waals surface area contributed by atoms with Crippen molar-refractivity contribution in [2.75, 3.05) is 20.6 Å². The van der Waals surface area contributed by atoms with Crippen LogP contribution in [0.25, 0.3) is 0 Å². The Hall–Kier alpha value is -0.410. The molecule has 1 aliphatic rings. The second-order valence-electron chi connectivity index (χ2n) is 4.04. The third kappa shape index (κ3) is 1.76. The standard InChI is InChI=1S/C10H16N2S/c1-7-11-10-8(6-12(2)3)4-5-9(10)13-7/h8H,4-6H2,1-3H3. The third-order valence-corrected chi connectivity index (χ3v) is 3.57. The SMILES string of the molecule is Cc1nc2c(s1)CCC2CN(C)C. The van der Waals surface area contributed by atoms with Gasteiger partial charge in [-0.15, -0.1) is 11.3 Å². The summed E-state index contributed by atoms with van der Waals surface area (Å²) in [5, 5.41) is 1.23. The summed E-state index contributed by atoms with van der Waals surface area (Å²) in [4.78, 5) is 8.41. The van der Waals surface area contributed by atoms with E-state index < -0.39 is 0 Å². The molecule has 0 aliphatic heterocycles. The molecule has 2 nitrogen and oxygen atoms in total. The van der Waals surface area contributed by atoms with Gasteiger partial charge in [0.2, 0.25) is 0 Å². The first-order valence-electron chi connectivity index (χ1n) is 4.77. The van der Waals surface area contributed by atoms with Crippen LogP contribution in [0.15, 0.2) is 0 Å². The number of aromatic nitrogens is 1. The van der Waals surface area contributed by atoms with Crippen LogP contribution in [-0.4, -0.2) is 30.5 Å². The van der Waals surface area contributed by atoms with Gasteiger partial charge >= 0.3 is 0 Å². The lowest BCUT2D eigenvalue weighted by atomic mass is 10.1. The van der Waals surface area contributed by atoms with Crippen LogP contribution >= 0.6 is 11.3 Å². The lowest BCUT2D eigenvalue weighted by Crippen LogP contribution is -2.19. The van der Waals surface area contributed by atoms with Crippen molar-refractivity contribution in [3.63, 3.8) is 0 Å². The molecule has 0 amide bonds. The summed E-state index contributed by atoms with van der Waals surface area (Å²) < 4.78 is 0. The number of hydrogen-bond acceptors (Lipinski definition) is 3. The molecule has 1 unspecified atom stereocenters.